The fraction of sp³-hybridized carbons (Fsp3) is 0.593. The molecule has 0 aliphatic rings. The first-order chi connectivity index (χ1) is 18.1. The molecule has 0 aliphatic carbocycles. The number of ether oxygens (including phenoxy) is 1. The largest absolute Gasteiger partial charge is 0.444 e. The highest BCUT2D eigenvalue weighted by molar-refractivity contribution is 5.94. The molecule has 5 amide bonds. The molecule has 0 saturated heterocycles. The molecule has 0 aliphatic heterocycles. The molecule has 0 spiro atoms. The fourth-order valence-corrected chi connectivity index (χ4v) is 3.57. The Bertz CT molecular complexity index is 978. The Balaban J connectivity index is 3.19. The maximum absolute atomic E-state index is 13.4. The van der Waals surface area contributed by atoms with E-state index in [1.54, 1.807) is 45.0 Å². The first-order valence-electron chi connectivity index (χ1n) is 12.9. The standard InChI is InChI=1S/C27H43N5O7/c1-17(2)15-20(23(28)34)30-24(35)19(13-14-22(33)32(6)38-7)29-25(36)21(16-18-11-9-8-10-12-18)31-26(37)39-27(3,4)5/h8-12,17,19-21H,13-16H2,1-7H3,(H2,28,34)(H,29,36)(H,30,35)(H,31,37)/t19-,20-,21-/m0/s1. The second-order valence-corrected chi connectivity index (χ2v) is 10.7. The van der Waals surface area contributed by atoms with E-state index in [1.807, 2.05) is 19.9 Å². The molecule has 0 bridgehead atoms. The number of nitrogens with one attached hydrogen (secondary N) is 3. The van der Waals surface area contributed by atoms with Gasteiger partial charge in [-0.2, -0.15) is 0 Å². The summed E-state index contributed by atoms with van der Waals surface area (Å²) in [6, 6.07) is 5.73. The summed E-state index contributed by atoms with van der Waals surface area (Å²) < 4.78 is 5.32. The number of carbonyl (C=O) groups excluding carboxylic acids is 5. The molecular formula is C27H43N5O7. The molecule has 218 valence electrons. The number of hydrogen-bond acceptors (Lipinski definition) is 7. The van der Waals surface area contributed by atoms with Gasteiger partial charge in [-0.3, -0.25) is 24.0 Å². The lowest BCUT2D eigenvalue weighted by Gasteiger charge is -2.26. The lowest BCUT2D eigenvalue weighted by Crippen LogP contribution is -2.57. The summed E-state index contributed by atoms with van der Waals surface area (Å²) in [7, 11) is 2.74. The number of rotatable bonds is 14. The van der Waals surface area contributed by atoms with Crippen LogP contribution in [-0.2, 0) is 35.2 Å². The highest BCUT2D eigenvalue weighted by Gasteiger charge is 2.31. The number of nitrogens with zero attached hydrogens (tertiary/aromatic N) is 1. The minimum absolute atomic E-state index is 0.0565. The molecule has 0 radical (unpaired) electrons. The van der Waals surface area contributed by atoms with Gasteiger partial charge in [0, 0.05) is 19.9 Å². The number of alkyl carbamates (subject to hydrolysis) is 1. The highest BCUT2D eigenvalue weighted by Crippen LogP contribution is 2.11. The second-order valence-electron chi connectivity index (χ2n) is 10.7. The van der Waals surface area contributed by atoms with E-state index in [0.717, 1.165) is 10.6 Å². The van der Waals surface area contributed by atoms with Crippen molar-refractivity contribution < 1.29 is 33.5 Å². The average Bonchev–Trinajstić information content (AvgIpc) is 2.83. The van der Waals surface area contributed by atoms with E-state index in [-0.39, 0.29) is 25.2 Å². The molecule has 1 rings (SSSR count). The number of hydrogen-bond donors (Lipinski definition) is 4. The van der Waals surface area contributed by atoms with Crippen LogP contribution in [0.1, 0.15) is 59.4 Å². The van der Waals surface area contributed by atoms with E-state index >= 15 is 0 Å². The van der Waals surface area contributed by atoms with Gasteiger partial charge in [0.2, 0.25) is 23.6 Å². The van der Waals surface area contributed by atoms with Gasteiger partial charge in [-0.1, -0.05) is 44.2 Å². The van der Waals surface area contributed by atoms with E-state index in [9.17, 15) is 24.0 Å². The number of amides is 5. The van der Waals surface area contributed by atoms with Gasteiger partial charge in [0.25, 0.3) is 0 Å². The van der Waals surface area contributed by atoms with Gasteiger partial charge in [0.15, 0.2) is 0 Å². The number of carbonyl (C=O) groups is 5. The Morgan fingerprint density at radius 1 is 0.923 bits per heavy atom. The van der Waals surface area contributed by atoms with Crippen LogP contribution in [-0.4, -0.2) is 72.7 Å². The topological polar surface area (TPSA) is 169 Å². The van der Waals surface area contributed by atoms with Crippen molar-refractivity contribution in [1.82, 2.24) is 21.0 Å². The Morgan fingerprint density at radius 2 is 1.49 bits per heavy atom. The van der Waals surface area contributed by atoms with Crippen LogP contribution in [0, 0.1) is 5.92 Å². The highest BCUT2D eigenvalue weighted by atomic mass is 16.7. The number of primary amides is 1. The summed E-state index contributed by atoms with van der Waals surface area (Å²) in [6.45, 7) is 8.83. The van der Waals surface area contributed by atoms with Crippen molar-refractivity contribution >= 4 is 29.7 Å². The zero-order valence-electron chi connectivity index (χ0n) is 23.9. The predicted octanol–water partition coefficient (Wildman–Crippen LogP) is 1.42. The third-order valence-corrected chi connectivity index (χ3v) is 5.56. The number of hydroxylamine groups is 2. The van der Waals surface area contributed by atoms with Crippen molar-refractivity contribution in [3.05, 3.63) is 35.9 Å². The molecule has 0 aromatic heterocycles. The third kappa shape index (κ3) is 13.1. The van der Waals surface area contributed by atoms with Crippen molar-refractivity contribution in [3.63, 3.8) is 0 Å². The van der Waals surface area contributed by atoms with Gasteiger partial charge in [-0.05, 0) is 45.1 Å². The molecule has 0 saturated carbocycles. The molecule has 12 heteroatoms. The summed E-state index contributed by atoms with van der Waals surface area (Å²) in [5, 5.41) is 8.79. The van der Waals surface area contributed by atoms with Crippen LogP contribution in [0.3, 0.4) is 0 Å². The zero-order chi connectivity index (χ0) is 29.8. The van der Waals surface area contributed by atoms with Gasteiger partial charge in [0.05, 0.1) is 7.11 Å². The Kier molecular flexibility index (Phi) is 13.4. The van der Waals surface area contributed by atoms with Crippen molar-refractivity contribution in [2.45, 2.75) is 84.0 Å². The van der Waals surface area contributed by atoms with Gasteiger partial charge < -0.3 is 26.4 Å². The van der Waals surface area contributed by atoms with Crippen LogP contribution in [0.2, 0.25) is 0 Å². The molecule has 0 fully saturated rings. The molecule has 0 unspecified atom stereocenters. The van der Waals surface area contributed by atoms with Crippen molar-refractivity contribution in [3.8, 4) is 0 Å². The maximum Gasteiger partial charge on any atom is 0.408 e. The zero-order valence-corrected chi connectivity index (χ0v) is 23.9. The SMILES string of the molecule is CON(C)C(=O)CC[C@H](NC(=O)[C@H](Cc1ccccc1)NC(=O)OC(C)(C)C)C(=O)N[C@@H](CC(C)C)C(N)=O. The van der Waals surface area contributed by atoms with Crippen LogP contribution in [0.25, 0.3) is 0 Å². The van der Waals surface area contributed by atoms with E-state index in [4.69, 9.17) is 15.3 Å². The van der Waals surface area contributed by atoms with Gasteiger partial charge >= 0.3 is 6.09 Å². The quantitative estimate of drug-likeness (QED) is 0.254. The molecule has 1 aromatic rings. The Labute approximate surface area is 230 Å². The average molecular weight is 550 g/mol. The summed E-state index contributed by atoms with van der Waals surface area (Å²) in [6.07, 6.45) is -0.631. The number of benzene rings is 1. The molecule has 39 heavy (non-hydrogen) atoms. The maximum atomic E-state index is 13.4. The van der Waals surface area contributed by atoms with E-state index in [2.05, 4.69) is 16.0 Å². The van der Waals surface area contributed by atoms with E-state index in [0.29, 0.717) is 6.42 Å². The van der Waals surface area contributed by atoms with E-state index in [1.165, 1.54) is 14.2 Å². The molecule has 0 heterocycles. The smallest absolute Gasteiger partial charge is 0.408 e. The van der Waals surface area contributed by atoms with Crippen LogP contribution >= 0.6 is 0 Å². The summed E-state index contributed by atoms with van der Waals surface area (Å²) in [5.74, 6) is -2.44. The first kappa shape index (κ1) is 33.4. The molecule has 1 aromatic carbocycles. The van der Waals surface area contributed by atoms with Gasteiger partial charge in [0.1, 0.15) is 23.7 Å². The summed E-state index contributed by atoms with van der Waals surface area (Å²) in [5.41, 5.74) is 5.44. The monoisotopic (exact) mass is 549 g/mol. The molecule has 12 nitrogen and oxygen atoms in total. The predicted molar refractivity (Wildman–Crippen MR) is 145 cm³/mol. The third-order valence-electron chi connectivity index (χ3n) is 5.56. The van der Waals surface area contributed by atoms with E-state index < -0.39 is 53.4 Å². The molecule has 3 atom stereocenters. The van der Waals surface area contributed by atoms with Crippen molar-refractivity contribution in [2.24, 2.45) is 11.7 Å². The second kappa shape index (κ2) is 15.7. The minimum atomic E-state index is -1.21. The normalized spacial score (nSPS) is 13.5. The molecular weight excluding hydrogens is 506 g/mol. The summed E-state index contributed by atoms with van der Waals surface area (Å²) in [4.78, 5) is 68.3. The summed E-state index contributed by atoms with van der Waals surface area (Å²) >= 11 is 0. The lowest BCUT2D eigenvalue weighted by atomic mass is 10.0. The van der Waals surface area contributed by atoms with Gasteiger partial charge in [-0.15, -0.1) is 0 Å². The first-order valence-corrected chi connectivity index (χ1v) is 12.9. The molecule has 5 N–H and O–H groups in total. The Hall–Kier alpha value is -3.67. The number of nitrogens with two attached hydrogens (primary N) is 1. The fourth-order valence-electron chi connectivity index (χ4n) is 3.57. The van der Waals surface area contributed by atoms with Crippen LogP contribution in [0.4, 0.5) is 4.79 Å². The van der Waals surface area contributed by atoms with Crippen molar-refractivity contribution in [2.75, 3.05) is 14.2 Å². The van der Waals surface area contributed by atoms with Crippen LogP contribution in [0.5, 0.6) is 0 Å². The van der Waals surface area contributed by atoms with Gasteiger partial charge in [-0.25, -0.2) is 9.86 Å². The van der Waals surface area contributed by atoms with Crippen LogP contribution in [0.15, 0.2) is 30.3 Å². The van der Waals surface area contributed by atoms with Crippen molar-refractivity contribution in [1.29, 1.82) is 0 Å². The van der Waals surface area contributed by atoms with Crippen LogP contribution < -0.4 is 21.7 Å². The lowest BCUT2D eigenvalue weighted by molar-refractivity contribution is -0.168. The minimum Gasteiger partial charge on any atom is -0.444 e. The Morgan fingerprint density at radius 3 is 2.00 bits per heavy atom.